The van der Waals surface area contributed by atoms with Crippen molar-refractivity contribution in [3.8, 4) is 5.75 Å². The number of H-pyrrole nitrogens is 2. The van der Waals surface area contributed by atoms with E-state index >= 15 is 0 Å². The minimum atomic E-state index is -0.618. The molecule has 0 atom stereocenters. The smallest absolute Gasteiger partial charge is 0.350 e. The van der Waals surface area contributed by atoms with Gasteiger partial charge in [0.1, 0.15) is 11.3 Å². The van der Waals surface area contributed by atoms with Crippen LogP contribution in [0.15, 0.2) is 63.2 Å². The van der Waals surface area contributed by atoms with Crippen LogP contribution in [0.3, 0.4) is 0 Å². The van der Waals surface area contributed by atoms with Crippen LogP contribution in [0.4, 0.5) is 0 Å². The summed E-state index contributed by atoms with van der Waals surface area (Å²) in [7, 11) is 0. The number of benzene rings is 2. The Bertz CT molecular complexity index is 1200. The lowest BCUT2D eigenvalue weighted by molar-refractivity contribution is 0.475. The molecule has 7 heteroatoms. The number of aromatic nitrogens is 3. The van der Waals surface area contributed by atoms with Crippen LogP contribution in [-0.4, -0.2) is 26.0 Å². The first-order valence-corrected chi connectivity index (χ1v) is 7.22. The number of fused-ring (bicyclic) bond motifs is 3. The van der Waals surface area contributed by atoms with Gasteiger partial charge in [-0.3, -0.25) is 4.79 Å². The molecule has 24 heavy (non-hydrogen) atoms. The Labute approximate surface area is 134 Å². The Morgan fingerprint density at radius 3 is 2.50 bits per heavy atom. The average molecular weight is 320 g/mol. The zero-order valence-electron chi connectivity index (χ0n) is 12.4. The van der Waals surface area contributed by atoms with E-state index in [-0.39, 0.29) is 5.75 Å². The fourth-order valence-corrected chi connectivity index (χ4v) is 2.58. The number of aromatic amines is 2. The van der Waals surface area contributed by atoms with E-state index in [2.05, 4.69) is 15.1 Å². The van der Waals surface area contributed by atoms with Crippen LogP contribution in [0, 0.1) is 0 Å². The third kappa shape index (κ3) is 2.19. The van der Waals surface area contributed by atoms with Crippen molar-refractivity contribution in [3.05, 3.63) is 74.9 Å². The topological polar surface area (TPSA) is 103 Å². The Morgan fingerprint density at radius 2 is 1.71 bits per heavy atom. The van der Waals surface area contributed by atoms with Crippen LogP contribution in [-0.2, 0) is 0 Å². The lowest BCUT2D eigenvalue weighted by Gasteiger charge is -1.98. The second kappa shape index (κ2) is 5.24. The molecule has 0 saturated carbocycles. The highest BCUT2D eigenvalue weighted by molar-refractivity contribution is 6.04. The maximum atomic E-state index is 12.6. The van der Waals surface area contributed by atoms with Crippen molar-refractivity contribution in [1.29, 1.82) is 0 Å². The molecule has 2 aromatic heterocycles. The van der Waals surface area contributed by atoms with E-state index in [1.807, 2.05) is 24.3 Å². The number of rotatable bonds is 2. The van der Waals surface area contributed by atoms with Crippen molar-refractivity contribution >= 4 is 28.2 Å². The van der Waals surface area contributed by atoms with Gasteiger partial charge in [-0.05, 0) is 35.9 Å². The van der Waals surface area contributed by atoms with Gasteiger partial charge in [-0.25, -0.2) is 4.79 Å². The second-order valence-corrected chi connectivity index (χ2v) is 5.30. The first-order valence-electron chi connectivity index (χ1n) is 7.22. The number of nitrogens with zero attached hydrogens (tertiary/aromatic N) is 2. The summed E-state index contributed by atoms with van der Waals surface area (Å²) in [6, 6.07) is 13.6. The van der Waals surface area contributed by atoms with Gasteiger partial charge in [-0.15, -0.1) is 4.68 Å². The standard InChI is InChI=1S/C17H12N4O3/c22-11-7-5-10(6-8-11)9-18-21-16(23)15-14(20-17(21)24)12-3-1-2-4-13(12)19-15/h1-9,19,22H,(H,20,24)/b18-9+. The van der Waals surface area contributed by atoms with E-state index in [9.17, 15) is 14.7 Å². The van der Waals surface area contributed by atoms with E-state index in [4.69, 9.17) is 0 Å². The minimum Gasteiger partial charge on any atom is -0.508 e. The molecule has 0 aliphatic heterocycles. The average Bonchev–Trinajstić information content (AvgIpc) is 2.95. The number of hydrogen-bond acceptors (Lipinski definition) is 4. The third-order valence-corrected chi connectivity index (χ3v) is 3.75. The second-order valence-electron chi connectivity index (χ2n) is 5.30. The van der Waals surface area contributed by atoms with Crippen molar-refractivity contribution < 1.29 is 5.11 Å². The Hall–Kier alpha value is -3.61. The van der Waals surface area contributed by atoms with Crippen molar-refractivity contribution in [1.82, 2.24) is 14.6 Å². The van der Waals surface area contributed by atoms with Gasteiger partial charge in [0.2, 0.25) is 0 Å². The highest BCUT2D eigenvalue weighted by Crippen LogP contribution is 2.19. The number of hydrogen-bond donors (Lipinski definition) is 3. The summed E-state index contributed by atoms with van der Waals surface area (Å²) in [5.74, 6) is 0.127. The van der Waals surface area contributed by atoms with Crippen LogP contribution in [0.25, 0.3) is 21.9 Å². The van der Waals surface area contributed by atoms with E-state index < -0.39 is 11.2 Å². The van der Waals surface area contributed by atoms with Gasteiger partial charge in [0.15, 0.2) is 0 Å². The van der Waals surface area contributed by atoms with Crippen LogP contribution in [0.5, 0.6) is 5.75 Å². The number of nitrogens with one attached hydrogen (secondary N) is 2. The molecule has 4 aromatic rings. The zero-order valence-corrected chi connectivity index (χ0v) is 12.4. The Morgan fingerprint density at radius 1 is 0.958 bits per heavy atom. The lowest BCUT2D eigenvalue weighted by Crippen LogP contribution is -2.32. The van der Waals surface area contributed by atoms with Gasteiger partial charge in [-0.2, -0.15) is 5.10 Å². The predicted molar refractivity (Wildman–Crippen MR) is 91.8 cm³/mol. The van der Waals surface area contributed by atoms with E-state index in [1.165, 1.54) is 18.3 Å². The molecule has 0 unspecified atom stereocenters. The summed E-state index contributed by atoms with van der Waals surface area (Å²) in [5.41, 5.74) is 1.03. The van der Waals surface area contributed by atoms with E-state index in [0.717, 1.165) is 15.6 Å². The van der Waals surface area contributed by atoms with Crippen molar-refractivity contribution in [2.45, 2.75) is 0 Å². The number of aromatic hydroxyl groups is 1. The SMILES string of the molecule is O=c1[nH]c2c([nH]c3ccccc32)c(=O)n1/N=C/c1ccc(O)cc1. The molecule has 0 spiro atoms. The number of para-hydroxylation sites is 1. The molecule has 4 rings (SSSR count). The molecule has 7 nitrogen and oxygen atoms in total. The molecule has 2 aromatic carbocycles. The van der Waals surface area contributed by atoms with Crippen LogP contribution < -0.4 is 11.2 Å². The molecule has 2 heterocycles. The van der Waals surface area contributed by atoms with Gasteiger partial charge in [0.05, 0.1) is 11.7 Å². The van der Waals surface area contributed by atoms with Gasteiger partial charge in [-0.1, -0.05) is 18.2 Å². The van der Waals surface area contributed by atoms with E-state index in [0.29, 0.717) is 16.6 Å². The molecule has 0 radical (unpaired) electrons. The largest absolute Gasteiger partial charge is 0.508 e. The number of phenolic OH excluding ortho intramolecular Hbond substituents is 1. The molecule has 0 amide bonds. The summed E-state index contributed by atoms with van der Waals surface area (Å²) in [6.45, 7) is 0. The molecule has 0 saturated heterocycles. The van der Waals surface area contributed by atoms with Crippen LogP contribution in [0.1, 0.15) is 5.56 Å². The fourth-order valence-electron chi connectivity index (χ4n) is 2.58. The molecule has 3 N–H and O–H groups in total. The van der Waals surface area contributed by atoms with Crippen LogP contribution in [0.2, 0.25) is 0 Å². The minimum absolute atomic E-state index is 0.127. The molecule has 0 aliphatic rings. The van der Waals surface area contributed by atoms with Crippen molar-refractivity contribution in [3.63, 3.8) is 0 Å². The summed E-state index contributed by atoms with van der Waals surface area (Å²) < 4.78 is 0.768. The third-order valence-electron chi connectivity index (χ3n) is 3.75. The van der Waals surface area contributed by atoms with Crippen molar-refractivity contribution in [2.75, 3.05) is 0 Å². The first-order chi connectivity index (χ1) is 11.6. The summed E-state index contributed by atoms with van der Waals surface area (Å²) in [6.07, 6.45) is 1.38. The molecule has 0 bridgehead atoms. The normalized spacial score (nSPS) is 11.7. The maximum Gasteiger partial charge on any atom is 0.350 e. The van der Waals surface area contributed by atoms with Gasteiger partial charge < -0.3 is 15.1 Å². The zero-order chi connectivity index (χ0) is 16.7. The monoisotopic (exact) mass is 320 g/mol. The summed E-state index contributed by atoms with van der Waals surface area (Å²) >= 11 is 0. The Balaban J connectivity index is 1.90. The quantitative estimate of drug-likeness (QED) is 0.490. The molecular formula is C17H12N4O3. The van der Waals surface area contributed by atoms with Gasteiger partial charge in [0.25, 0.3) is 0 Å². The van der Waals surface area contributed by atoms with Gasteiger partial charge in [0, 0.05) is 10.9 Å². The van der Waals surface area contributed by atoms with E-state index in [1.54, 1.807) is 12.1 Å². The maximum absolute atomic E-state index is 12.6. The lowest BCUT2D eigenvalue weighted by atomic mass is 10.2. The first kappa shape index (κ1) is 14.0. The van der Waals surface area contributed by atoms with Crippen LogP contribution >= 0.6 is 0 Å². The van der Waals surface area contributed by atoms with Crippen molar-refractivity contribution in [2.24, 2.45) is 5.10 Å². The molecular weight excluding hydrogens is 308 g/mol. The molecule has 0 aliphatic carbocycles. The number of phenols is 1. The fraction of sp³-hybridized carbons (Fsp3) is 0. The summed E-state index contributed by atoms with van der Waals surface area (Å²) in [4.78, 5) is 30.5. The summed E-state index contributed by atoms with van der Waals surface area (Å²) in [5, 5.41) is 14.0. The predicted octanol–water partition coefficient (Wildman–Crippen LogP) is 1.76. The van der Waals surface area contributed by atoms with Gasteiger partial charge >= 0.3 is 11.2 Å². The molecule has 0 fully saturated rings. The molecule has 118 valence electrons. The highest BCUT2D eigenvalue weighted by atomic mass is 16.3. The Kier molecular flexibility index (Phi) is 3.06. The highest BCUT2D eigenvalue weighted by Gasteiger charge is 2.11.